The summed E-state index contributed by atoms with van der Waals surface area (Å²) in [5.41, 5.74) is 24.1. The average molecular weight is 1620 g/mol. The molecule has 121 heavy (non-hydrogen) atoms. The molecular weight excluding hydrogens is 1460 g/mol. The van der Waals surface area contributed by atoms with Crippen LogP contribution < -0.4 is 22.8 Å². The van der Waals surface area contributed by atoms with Crippen LogP contribution in [0.15, 0.2) is 298 Å². The van der Waals surface area contributed by atoms with Gasteiger partial charge in [0, 0.05) is 107 Å². The lowest BCUT2D eigenvalue weighted by atomic mass is 9.87. The molecular formula is C116H124N5+5. The topological polar surface area (TPSA) is 19.4 Å². The van der Waals surface area contributed by atoms with Gasteiger partial charge in [-0.05, 0) is 301 Å². The van der Waals surface area contributed by atoms with Crippen LogP contribution in [-0.2, 0) is 35.2 Å². The van der Waals surface area contributed by atoms with Crippen LogP contribution in [0.25, 0.3) is 123 Å². The summed E-state index contributed by atoms with van der Waals surface area (Å²) in [6, 6.07) is 78.1. The van der Waals surface area contributed by atoms with Gasteiger partial charge < -0.3 is 0 Å². The molecule has 0 amide bonds. The van der Waals surface area contributed by atoms with Crippen molar-refractivity contribution in [2.75, 3.05) is 0 Å². The van der Waals surface area contributed by atoms with Gasteiger partial charge in [-0.2, -0.15) is 0 Å². The lowest BCUT2D eigenvalue weighted by molar-refractivity contribution is -0.660. The van der Waals surface area contributed by atoms with E-state index in [2.05, 4.69) is 0 Å². The van der Waals surface area contributed by atoms with E-state index in [0.29, 0.717) is 67.0 Å². The molecule has 5 heterocycles. The predicted molar refractivity (Wildman–Crippen MR) is 513 cm³/mol. The Balaban J connectivity index is 0.000000173. The van der Waals surface area contributed by atoms with Crippen molar-refractivity contribution in [2.24, 2.45) is 35.2 Å². The monoisotopic (exact) mass is 1620 g/mol. The van der Waals surface area contributed by atoms with Gasteiger partial charge in [-0.1, -0.05) is 223 Å². The smallest absolute Gasteiger partial charge is 0.201 e. The summed E-state index contributed by atoms with van der Waals surface area (Å²) in [4.78, 5) is 0. The van der Waals surface area contributed by atoms with Crippen molar-refractivity contribution in [1.82, 2.24) is 0 Å². The number of nitrogens with zero attached hydrogens (tertiary/aromatic N) is 5. The first-order chi connectivity index (χ1) is 72.4. The maximum absolute atomic E-state index is 8.29. The molecule has 0 N–H and O–H groups in total. The molecule has 5 nitrogen and oxygen atoms in total. The van der Waals surface area contributed by atoms with Crippen LogP contribution in [0, 0.1) is 138 Å². The van der Waals surface area contributed by atoms with Crippen molar-refractivity contribution in [2.45, 2.75) is 138 Å². The molecule has 5 heteroatoms. The van der Waals surface area contributed by atoms with Crippen LogP contribution in [0.2, 0.25) is 0 Å². The second-order valence-corrected chi connectivity index (χ2v) is 30.7. The summed E-state index contributed by atoms with van der Waals surface area (Å²) in [5.74, 6) is 0. The lowest BCUT2D eigenvalue weighted by Crippen LogP contribution is -2.31. The average Bonchev–Trinajstić information content (AvgIpc) is 0.745. The Morgan fingerprint density at radius 1 is 0.165 bits per heavy atom. The van der Waals surface area contributed by atoms with Gasteiger partial charge in [-0.25, -0.2) is 22.8 Å². The molecule has 0 fully saturated rings. The zero-order valence-corrected chi connectivity index (χ0v) is 70.5. The Hall–Kier alpha value is -12.8. The van der Waals surface area contributed by atoms with E-state index in [4.69, 9.17) is 49.3 Å². The quantitative estimate of drug-likeness (QED) is 0.115. The van der Waals surface area contributed by atoms with Gasteiger partial charge in [0.15, 0.2) is 31.0 Å². The van der Waals surface area contributed by atoms with Crippen molar-refractivity contribution in [3.63, 3.8) is 0 Å². The first kappa shape index (κ1) is 51.6. The minimum atomic E-state index is -2.53. The number of hydrogen-bond acceptors (Lipinski definition) is 0. The van der Waals surface area contributed by atoms with Gasteiger partial charge >= 0.3 is 0 Å². The molecule has 11 aromatic carbocycles. The highest BCUT2D eigenvalue weighted by Crippen LogP contribution is 2.43. The molecule has 0 atom stereocenters. The number of aromatic nitrogens is 5. The Morgan fingerprint density at radius 2 is 0.421 bits per heavy atom. The first-order valence-electron chi connectivity index (χ1n) is 57.6. The van der Waals surface area contributed by atoms with E-state index >= 15 is 0 Å². The van der Waals surface area contributed by atoms with E-state index in [1.807, 2.05) is 183 Å². The Bertz CT molecular complexity index is 7910. The normalized spacial score (nSPS) is 16.5. The molecule has 16 aromatic rings. The first-order valence-corrected chi connectivity index (χ1v) is 39.6. The summed E-state index contributed by atoms with van der Waals surface area (Å²) < 4.78 is 293. The molecule has 0 aliphatic heterocycles. The molecule has 5 aromatic heterocycles. The van der Waals surface area contributed by atoms with E-state index in [1.54, 1.807) is 174 Å². The zero-order valence-electron chi connectivity index (χ0n) is 107. The minimum Gasteiger partial charge on any atom is -0.201 e. The molecule has 0 saturated heterocycles. The van der Waals surface area contributed by atoms with E-state index in [0.717, 1.165) is 101 Å². The summed E-state index contributed by atoms with van der Waals surface area (Å²) in [6.45, 7) is -12.8. The molecule has 608 valence electrons. The van der Waals surface area contributed by atoms with Gasteiger partial charge in [-0.15, -0.1) is 0 Å². The molecule has 0 spiro atoms. The highest BCUT2D eigenvalue weighted by Gasteiger charge is 2.26. The number of hydrogen-bond donors (Lipinski definition) is 0. The zero-order chi connectivity index (χ0) is 117. The summed E-state index contributed by atoms with van der Waals surface area (Å²) >= 11 is 0. The second kappa shape index (κ2) is 38.5. The number of pyridine rings is 5. The van der Waals surface area contributed by atoms with E-state index in [1.165, 1.54) is 54.9 Å². The predicted octanol–water partition coefficient (Wildman–Crippen LogP) is 27.1. The fourth-order valence-electron chi connectivity index (χ4n) is 15.7. The van der Waals surface area contributed by atoms with Crippen LogP contribution in [0.5, 0.6) is 0 Å². The van der Waals surface area contributed by atoms with Crippen LogP contribution in [0.4, 0.5) is 0 Å². The standard InChI is InChI=1S/C28H28N.C23H26N.2C22H24N.C21H22N/c1-19-9-12-23(13-10-19)24-14-15-25(22(4)17-24)26-8-6-7-21(3)28(26)27-16-11-20(2)18-29(27)5;1-15-10-11-21(24(6)14-15)23-17(3)8-7-9-20(23)22-18(4)12-16(2)13-19(22)5;1-15-12-13-20(23(5)14-15)22-18(4)10-7-11-19(22)21-16(2)8-6-9-17(21)3;1-15-9-11-19(18(4)13-15)20-8-6-7-17(3)22(20)21-12-10-16(2)14-23(21)5;1-15-12-13-20(22(4)14-15)21-17(3)9-7-11-19(21)18-10-6-5-8-16(18)2/h6-18H,1-5H3;7-14H,1-6H3;2*6-14H,1-5H3;5-14H,1-4H3/q5*+1/i2D3,4D3;1D3,4D3,5D3;1D3,2D3,3D3;2D3,4D3;1D3,2D3. The lowest BCUT2D eigenvalue weighted by Gasteiger charge is -2.16. The minimum absolute atomic E-state index is 0.0257. The van der Waals surface area contributed by atoms with Crippen LogP contribution >= 0.6 is 0 Å². The Kier molecular flexibility index (Phi) is 16.4. The van der Waals surface area contributed by atoms with E-state index in [-0.39, 0.29) is 66.8 Å². The van der Waals surface area contributed by atoms with Crippen molar-refractivity contribution >= 4 is 0 Å². The van der Waals surface area contributed by atoms with Gasteiger partial charge in [-0.3, -0.25) is 0 Å². The van der Waals surface area contributed by atoms with Crippen molar-refractivity contribution in [3.05, 3.63) is 409 Å². The number of rotatable bonds is 11. The van der Waals surface area contributed by atoms with Gasteiger partial charge in [0.2, 0.25) is 28.5 Å². The highest BCUT2D eigenvalue weighted by atomic mass is 14.9. The Morgan fingerprint density at radius 3 is 0.777 bits per heavy atom. The molecule has 0 bridgehead atoms. The molecule has 0 unspecified atom stereocenters. The maximum Gasteiger partial charge on any atom is 0.213 e. The molecule has 16 rings (SSSR count). The molecule has 0 aliphatic carbocycles. The van der Waals surface area contributed by atoms with E-state index in [9.17, 15) is 0 Å². The third kappa shape index (κ3) is 20.0. The fraction of sp³-hybridized carbons (Fsp3) is 0.216. The van der Waals surface area contributed by atoms with E-state index < -0.39 is 82.2 Å². The van der Waals surface area contributed by atoms with Crippen molar-refractivity contribution in [3.8, 4) is 123 Å². The highest BCUT2D eigenvalue weighted by molar-refractivity contribution is 5.90. The number of benzene rings is 11. The van der Waals surface area contributed by atoms with Crippen molar-refractivity contribution < 1.29 is 72.2 Å². The Labute approximate surface area is 774 Å². The van der Waals surface area contributed by atoms with Crippen molar-refractivity contribution in [1.29, 1.82) is 0 Å². The number of aryl methyl sites for hydroxylation is 25. The van der Waals surface area contributed by atoms with Gasteiger partial charge in [0.05, 0.1) is 27.8 Å². The van der Waals surface area contributed by atoms with Crippen LogP contribution in [-0.4, -0.2) is 0 Å². The maximum atomic E-state index is 8.29. The van der Waals surface area contributed by atoms with Gasteiger partial charge in [0.1, 0.15) is 35.2 Å². The second-order valence-electron chi connectivity index (χ2n) is 30.7. The summed E-state index contributed by atoms with van der Waals surface area (Å²) in [7, 11) is 8.84. The summed E-state index contributed by atoms with van der Waals surface area (Å²) in [5, 5.41) is 0. The van der Waals surface area contributed by atoms with Gasteiger partial charge in [0.25, 0.3) is 0 Å². The third-order valence-electron chi connectivity index (χ3n) is 21.6. The third-order valence-corrected chi connectivity index (χ3v) is 21.6. The molecule has 0 saturated carbocycles. The van der Waals surface area contributed by atoms with Crippen LogP contribution in [0.3, 0.4) is 0 Å². The van der Waals surface area contributed by atoms with Crippen LogP contribution in [0.1, 0.15) is 161 Å². The molecule has 0 radical (unpaired) electrons. The summed E-state index contributed by atoms with van der Waals surface area (Å²) in [6.07, 6.45) is 7.86. The largest absolute Gasteiger partial charge is 0.213 e. The fourth-order valence-corrected chi connectivity index (χ4v) is 15.7. The SMILES string of the molecule is [2H]C([2H])([2H])c1ccc(-c2c(C)cccc2-c2c(C([2H])([2H])[2H])cc(C)cc2C([2H])([2H])[2H])[n+](C)c1.[2H]C([2H])([2H])c1ccc(-c2c(C)cccc2-c2c(C([2H])([2H])[2H])cccc2C([2H])([2H])[2H])[n+](C)c1.[2H]C([2H])([2H])c1ccc(-c2c(C)cccc2-c2ccc(-c3ccc(C)cc3)cc2C([2H])([2H])[2H])[n+](C)c1.[2H]C([2H])([2H])c1ccc(-c2c(C)cccc2-c2ccc(C)cc2C([2H])([2H])[2H])[n+](C)c1.[2H]C([2H])([2H])c1ccc(-c2c(C)cccc2-c2ccccc2C([2H])([2H])[2H])[n+](C)c1. The molecule has 0 aliphatic rings.